The molecule has 1 amide bonds. The summed E-state index contributed by atoms with van der Waals surface area (Å²) in [5, 5.41) is 24.3. The molecule has 0 aromatic heterocycles. The predicted molar refractivity (Wildman–Crippen MR) is 67.0 cm³/mol. The van der Waals surface area contributed by atoms with Gasteiger partial charge >= 0.3 is 11.4 Å². The van der Waals surface area contributed by atoms with Gasteiger partial charge in [-0.2, -0.15) is 0 Å². The molecule has 9 nitrogen and oxygen atoms in total. The highest BCUT2D eigenvalue weighted by Crippen LogP contribution is 2.32. The van der Waals surface area contributed by atoms with Crippen LogP contribution in [0.2, 0.25) is 0 Å². The van der Waals surface area contributed by atoms with Crippen molar-refractivity contribution in [3.8, 4) is 0 Å². The second-order valence-electron chi connectivity index (χ2n) is 3.69. The molecule has 0 aliphatic heterocycles. The molecule has 1 aromatic rings. The molecular weight excluding hydrogens is 256 g/mol. The van der Waals surface area contributed by atoms with Gasteiger partial charge in [0.2, 0.25) is 0 Å². The molecule has 1 aromatic carbocycles. The number of nitro benzene ring substituents is 2. The molecule has 0 saturated carbocycles. The summed E-state index contributed by atoms with van der Waals surface area (Å²) in [6, 6.07) is 1.77. The van der Waals surface area contributed by atoms with Gasteiger partial charge in [-0.3, -0.25) is 25.0 Å². The number of nitro groups is 2. The summed E-state index contributed by atoms with van der Waals surface area (Å²) in [5.41, 5.74) is 3.63. The normalized spacial score (nSPS) is 9.95. The van der Waals surface area contributed by atoms with Crippen LogP contribution in [0.4, 0.5) is 17.1 Å². The van der Waals surface area contributed by atoms with Crippen LogP contribution in [0.15, 0.2) is 12.1 Å². The molecule has 0 bridgehead atoms. The largest absolute Gasteiger partial charge is 0.384 e. The number of hydrogen-bond acceptors (Lipinski definition) is 6. The van der Waals surface area contributed by atoms with Crippen molar-refractivity contribution in [1.29, 1.82) is 0 Å². The van der Waals surface area contributed by atoms with Crippen LogP contribution in [-0.2, 0) is 0 Å². The van der Waals surface area contributed by atoms with Crippen molar-refractivity contribution in [2.24, 2.45) is 5.73 Å². The molecule has 102 valence electrons. The average molecular weight is 268 g/mol. The number of nitrogens with zero attached hydrogens (tertiary/aromatic N) is 2. The highest BCUT2D eigenvalue weighted by atomic mass is 16.6. The Morgan fingerprint density at radius 1 is 1.26 bits per heavy atom. The third-order valence-electron chi connectivity index (χ3n) is 2.34. The summed E-state index contributed by atoms with van der Waals surface area (Å²) in [7, 11) is 0. The molecule has 0 spiro atoms. The van der Waals surface area contributed by atoms with Gasteiger partial charge in [-0.25, -0.2) is 0 Å². The SMILES string of the molecule is CCCNc1cc([N+](=O)[O-])c([N+](=O)[O-])cc1C(N)=O. The molecule has 9 heteroatoms. The maximum absolute atomic E-state index is 11.2. The van der Waals surface area contributed by atoms with Crippen molar-refractivity contribution in [2.45, 2.75) is 13.3 Å². The number of anilines is 1. The summed E-state index contributed by atoms with van der Waals surface area (Å²) in [6.45, 7) is 2.31. The first-order valence-corrected chi connectivity index (χ1v) is 5.39. The van der Waals surface area contributed by atoms with E-state index in [2.05, 4.69) is 5.32 Å². The zero-order chi connectivity index (χ0) is 14.6. The molecule has 0 radical (unpaired) electrons. The average Bonchev–Trinajstić information content (AvgIpc) is 2.34. The fourth-order valence-electron chi connectivity index (χ4n) is 1.48. The first-order chi connectivity index (χ1) is 8.88. The molecule has 1 rings (SSSR count). The lowest BCUT2D eigenvalue weighted by atomic mass is 10.1. The number of hydrogen-bond donors (Lipinski definition) is 2. The summed E-state index contributed by atoms with van der Waals surface area (Å²) in [4.78, 5) is 31.0. The minimum absolute atomic E-state index is 0.117. The lowest BCUT2D eigenvalue weighted by Crippen LogP contribution is -2.16. The smallest absolute Gasteiger partial charge is 0.348 e. The topological polar surface area (TPSA) is 141 Å². The van der Waals surface area contributed by atoms with Gasteiger partial charge < -0.3 is 11.1 Å². The molecular formula is C10H12N4O5. The Labute approximate surface area is 107 Å². The Morgan fingerprint density at radius 2 is 1.79 bits per heavy atom. The summed E-state index contributed by atoms with van der Waals surface area (Å²) in [5.74, 6) is -0.892. The molecule has 0 fully saturated rings. The molecule has 19 heavy (non-hydrogen) atoms. The van der Waals surface area contributed by atoms with E-state index in [1.54, 1.807) is 0 Å². The van der Waals surface area contributed by atoms with Crippen LogP contribution in [0.3, 0.4) is 0 Å². The van der Waals surface area contributed by atoms with E-state index in [9.17, 15) is 25.0 Å². The van der Waals surface area contributed by atoms with Crippen molar-refractivity contribution in [3.63, 3.8) is 0 Å². The van der Waals surface area contributed by atoms with E-state index in [-0.39, 0.29) is 11.3 Å². The Hall–Kier alpha value is -2.71. The van der Waals surface area contributed by atoms with Crippen LogP contribution >= 0.6 is 0 Å². The predicted octanol–water partition coefficient (Wildman–Crippen LogP) is 1.42. The number of primary amides is 1. The van der Waals surface area contributed by atoms with Gasteiger partial charge in [0.05, 0.1) is 21.1 Å². The minimum Gasteiger partial charge on any atom is -0.384 e. The number of nitrogens with two attached hydrogens (primary N) is 1. The first kappa shape index (κ1) is 14.4. The van der Waals surface area contributed by atoms with E-state index in [0.29, 0.717) is 13.0 Å². The number of carbonyl (C=O) groups is 1. The maximum Gasteiger partial charge on any atom is 0.348 e. The summed E-state index contributed by atoms with van der Waals surface area (Å²) >= 11 is 0. The van der Waals surface area contributed by atoms with Gasteiger partial charge in [0, 0.05) is 18.7 Å². The summed E-state index contributed by atoms with van der Waals surface area (Å²) in [6.07, 6.45) is 0.711. The van der Waals surface area contributed by atoms with E-state index >= 15 is 0 Å². The molecule has 0 unspecified atom stereocenters. The standard InChI is InChI=1S/C10H12N4O5/c1-2-3-12-7-5-9(14(18)19)8(13(16)17)4-6(7)10(11)15/h4-5,12H,2-3H2,1H3,(H2,11,15). The third kappa shape index (κ3) is 3.15. The van der Waals surface area contributed by atoms with Crippen LogP contribution in [0.25, 0.3) is 0 Å². The zero-order valence-corrected chi connectivity index (χ0v) is 10.1. The second kappa shape index (κ2) is 5.76. The van der Waals surface area contributed by atoms with Crippen molar-refractivity contribution < 1.29 is 14.6 Å². The Balaban J connectivity index is 3.45. The quantitative estimate of drug-likeness (QED) is 0.590. The van der Waals surface area contributed by atoms with Crippen molar-refractivity contribution in [1.82, 2.24) is 0 Å². The van der Waals surface area contributed by atoms with Gasteiger partial charge in [-0.1, -0.05) is 6.92 Å². The number of benzene rings is 1. The van der Waals surface area contributed by atoms with Crippen LogP contribution in [0.5, 0.6) is 0 Å². The zero-order valence-electron chi connectivity index (χ0n) is 10.1. The molecule has 0 heterocycles. The van der Waals surface area contributed by atoms with Gasteiger partial charge in [0.1, 0.15) is 0 Å². The Kier molecular flexibility index (Phi) is 4.35. The number of carbonyl (C=O) groups excluding carboxylic acids is 1. The van der Waals surface area contributed by atoms with E-state index in [4.69, 9.17) is 5.73 Å². The summed E-state index contributed by atoms with van der Waals surface area (Å²) < 4.78 is 0. The lowest BCUT2D eigenvalue weighted by molar-refractivity contribution is -0.422. The molecule has 0 aliphatic rings. The third-order valence-corrected chi connectivity index (χ3v) is 2.34. The first-order valence-electron chi connectivity index (χ1n) is 5.39. The van der Waals surface area contributed by atoms with Gasteiger partial charge in [0.15, 0.2) is 0 Å². The maximum atomic E-state index is 11.2. The Bertz CT molecular complexity index is 543. The van der Waals surface area contributed by atoms with Crippen LogP contribution in [0, 0.1) is 20.2 Å². The van der Waals surface area contributed by atoms with E-state index in [1.807, 2.05) is 6.92 Å². The Morgan fingerprint density at radius 3 is 2.21 bits per heavy atom. The van der Waals surface area contributed by atoms with Crippen molar-refractivity contribution in [2.75, 3.05) is 11.9 Å². The van der Waals surface area contributed by atoms with Crippen LogP contribution in [-0.4, -0.2) is 22.3 Å². The molecule has 3 N–H and O–H groups in total. The van der Waals surface area contributed by atoms with Crippen molar-refractivity contribution >= 4 is 23.0 Å². The van der Waals surface area contributed by atoms with Crippen LogP contribution in [0.1, 0.15) is 23.7 Å². The number of nitrogens with one attached hydrogen (secondary N) is 1. The van der Waals surface area contributed by atoms with E-state index in [0.717, 1.165) is 12.1 Å². The lowest BCUT2D eigenvalue weighted by Gasteiger charge is -2.09. The monoisotopic (exact) mass is 268 g/mol. The molecule has 0 saturated heterocycles. The van der Waals surface area contributed by atoms with Crippen LogP contribution < -0.4 is 11.1 Å². The highest BCUT2D eigenvalue weighted by Gasteiger charge is 2.28. The fraction of sp³-hybridized carbons (Fsp3) is 0.300. The van der Waals surface area contributed by atoms with E-state index < -0.39 is 27.1 Å². The molecule has 0 atom stereocenters. The van der Waals surface area contributed by atoms with Gasteiger partial charge in [-0.05, 0) is 6.42 Å². The minimum atomic E-state index is -0.922. The highest BCUT2D eigenvalue weighted by molar-refractivity contribution is 6.00. The molecule has 0 aliphatic carbocycles. The fourth-order valence-corrected chi connectivity index (χ4v) is 1.48. The number of rotatable bonds is 6. The number of amides is 1. The van der Waals surface area contributed by atoms with Gasteiger partial charge in [0.25, 0.3) is 5.91 Å². The van der Waals surface area contributed by atoms with E-state index in [1.165, 1.54) is 0 Å². The second-order valence-corrected chi connectivity index (χ2v) is 3.69. The van der Waals surface area contributed by atoms with Gasteiger partial charge in [-0.15, -0.1) is 0 Å². The van der Waals surface area contributed by atoms with Crippen molar-refractivity contribution in [3.05, 3.63) is 37.9 Å².